The first-order chi connectivity index (χ1) is 8.20. The summed E-state index contributed by atoms with van der Waals surface area (Å²) in [6.45, 7) is 0. The lowest BCUT2D eigenvalue weighted by Crippen LogP contribution is -2.14. The highest BCUT2D eigenvalue weighted by Gasteiger charge is 2.12. The number of nitrogens with two attached hydrogens (primary N) is 1. The minimum absolute atomic E-state index is 0.168. The van der Waals surface area contributed by atoms with Crippen LogP contribution in [0, 0.1) is 5.82 Å². The highest BCUT2D eigenvalue weighted by molar-refractivity contribution is 7.99. The quantitative estimate of drug-likeness (QED) is 0.378. The van der Waals surface area contributed by atoms with E-state index in [9.17, 15) is 4.39 Å². The third kappa shape index (κ3) is 2.56. The lowest BCUT2D eigenvalue weighted by molar-refractivity contribution is 0.318. The van der Waals surface area contributed by atoms with E-state index in [0.29, 0.717) is 10.1 Å². The summed E-state index contributed by atoms with van der Waals surface area (Å²) >= 11 is 1.16. The molecule has 0 unspecified atom stereocenters. The van der Waals surface area contributed by atoms with Gasteiger partial charge in [0, 0.05) is 10.5 Å². The molecule has 0 aliphatic heterocycles. The first kappa shape index (κ1) is 11.5. The minimum Gasteiger partial charge on any atom is -0.440 e. The summed E-state index contributed by atoms with van der Waals surface area (Å²) in [7, 11) is 0. The fraction of sp³-hybridized carbons (Fsp3) is 0. The number of hydrogen-bond donors (Lipinski definition) is 2. The normalized spacial score (nSPS) is 11.7. The van der Waals surface area contributed by atoms with Crippen molar-refractivity contribution in [2.45, 2.75) is 10.1 Å². The number of oxazole rings is 1. The van der Waals surface area contributed by atoms with Crippen molar-refractivity contribution in [3.05, 3.63) is 42.0 Å². The van der Waals surface area contributed by atoms with Gasteiger partial charge in [-0.2, -0.15) is 0 Å². The molecule has 1 heterocycles. The summed E-state index contributed by atoms with van der Waals surface area (Å²) in [4.78, 5) is 4.51. The SMILES string of the molecule is N/C(=N/O)c1cc(F)ccc1Sc1ncco1. The molecule has 0 saturated carbocycles. The van der Waals surface area contributed by atoms with Crippen molar-refractivity contribution >= 4 is 17.6 Å². The number of benzene rings is 1. The Morgan fingerprint density at radius 1 is 1.53 bits per heavy atom. The maximum Gasteiger partial charge on any atom is 0.260 e. The highest BCUT2D eigenvalue weighted by atomic mass is 32.2. The van der Waals surface area contributed by atoms with Crippen LogP contribution < -0.4 is 5.73 Å². The molecule has 1 aromatic heterocycles. The van der Waals surface area contributed by atoms with Crippen molar-refractivity contribution in [2.75, 3.05) is 0 Å². The summed E-state index contributed by atoms with van der Waals surface area (Å²) in [6, 6.07) is 3.97. The molecule has 0 saturated heterocycles. The summed E-state index contributed by atoms with van der Waals surface area (Å²) in [5.74, 6) is -0.637. The molecule has 2 rings (SSSR count). The Morgan fingerprint density at radius 2 is 2.35 bits per heavy atom. The van der Waals surface area contributed by atoms with Gasteiger partial charge in [-0.25, -0.2) is 9.37 Å². The van der Waals surface area contributed by atoms with E-state index in [2.05, 4.69) is 10.1 Å². The van der Waals surface area contributed by atoms with E-state index < -0.39 is 5.82 Å². The molecule has 2 aromatic rings. The predicted molar refractivity (Wildman–Crippen MR) is 59.5 cm³/mol. The molecule has 1 aromatic carbocycles. The van der Waals surface area contributed by atoms with Crippen molar-refractivity contribution in [2.24, 2.45) is 10.9 Å². The summed E-state index contributed by atoms with van der Waals surface area (Å²) in [6.07, 6.45) is 2.92. The minimum atomic E-state index is -0.469. The summed E-state index contributed by atoms with van der Waals surface area (Å²) in [5.41, 5.74) is 5.75. The van der Waals surface area contributed by atoms with Crippen LogP contribution in [0.3, 0.4) is 0 Å². The molecular weight excluding hydrogens is 245 g/mol. The lowest BCUT2D eigenvalue weighted by Gasteiger charge is -2.05. The molecule has 0 radical (unpaired) electrons. The van der Waals surface area contributed by atoms with Gasteiger partial charge in [0.05, 0.1) is 6.20 Å². The van der Waals surface area contributed by atoms with Crippen LogP contribution in [0.4, 0.5) is 4.39 Å². The fourth-order valence-electron chi connectivity index (χ4n) is 1.20. The Balaban J connectivity index is 2.39. The van der Waals surface area contributed by atoms with Gasteiger partial charge in [0.15, 0.2) is 5.84 Å². The highest BCUT2D eigenvalue weighted by Crippen LogP contribution is 2.29. The zero-order chi connectivity index (χ0) is 12.3. The number of aromatic nitrogens is 1. The molecule has 0 amide bonds. The predicted octanol–water partition coefficient (Wildman–Crippen LogP) is 2.06. The Morgan fingerprint density at radius 3 is 3.00 bits per heavy atom. The molecule has 7 heteroatoms. The second-order valence-corrected chi connectivity index (χ2v) is 4.02. The monoisotopic (exact) mass is 253 g/mol. The van der Waals surface area contributed by atoms with Gasteiger partial charge in [-0.05, 0) is 30.0 Å². The molecule has 17 heavy (non-hydrogen) atoms. The Labute approximate surface area is 100 Å². The maximum absolute atomic E-state index is 13.1. The molecule has 0 bridgehead atoms. The molecule has 0 fully saturated rings. The summed E-state index contributed by atoms with van der Waals surface area (Å²) in [5, 5.41) is 11.9. The van der Waals surface area contributed by atoms with Crippen LogP contribution in [0.5, 0.6) is 0 Å². The van der Waals surface area contributed by atoms with Gasteiger partial charge in [0.2, 0.25) is 0 Å². The number of hydrogen-bond acceptors (Lipinski definition) is 5. The standard InChI is InChI=1S/C10H8FN3O2S/c11-6-1-2-8(7(5-6)9(12)14-15)17-10-13-3-4-16-10/h1-5,15H,(H2,12,14). The molecule has 88 valence electrons. The van der Waals surface area contributed by atoms with Gasteiger partial charge in [-0.15, -0.1) is 0 Å². The van der Waals surface area contributed by atoms with E-state index in [-0.39, 0.29) is 11.4 Å². The zero-order valence-corrected chi connectivity index (χ0v) is 9.32. The van der Waals surface area contributed by atoms with Crippen LogP contribution in [0.1, 0.15) is 5.56 Å². The van der Waals surface area contributed by atoms with E-state index in [1.807, 2.05) is 0 Å². The van der Waals surface area contributed by atoms with Gasteiger partial charge in [0.25, 0.3) is 5.22 Å². The average Bonchev–Trinajstić information content (AvgIpc) is 2.83. The summed E-state index contributed by atoms with van der Waals surface area (Å²) < 4.78 is 18.1. The third-order valence-electron chi connectivity index (χ3n) is 1.93. The molecular formula is C10H8FN3O2S. The molecule has 0 spiro atoms. The van der Waals surface area contributed by atoms with Gasteiger partial charge in [-0.1, -0.05) is 5.16 Å². The first-order valence-electron chi connectivity index (χ1n) is 4.55. The lowest BCUT2D eigenvalue weighted by atomic mass is 10.2. The zero-order valence-electron chi connectivity index (χ0n) is 8.50. The van der Waals surface area contributed by atoms with Gasteiger partial charge in [0.1, 0.15) is 12.1 Å². The molecule has 0 atom stereocenters. The van der Waals surface area contributed by atoms with E-state index >= 15 is 0 Å². The number of halogens is 1. The van der Waals surface area contributed by atoms with E-state index in [1.165, 1.54) is 30.7 Å². The maximum atomic E-state index is 13.1. The van der Waals surface area contributed by atoms with Crippen molar-refractivity contribution in [3.8, 4) is 0 Å². The molecule has 0 aliphatic rings. The van der Waals surface area contributed by atoms with Gasteiger partial charge in [-0.3, -0.25) is 0 Å². The van der Waals surface area contributed by atoms with Crippen LogP contribution in [0.25, 0.3) is 0 Å². The van der Waals surface area contributed by atoms with Crippen molar-refractivity contribution in [1.29, 1.82) is 0 Å². The van der Waals surface area contributed by atoms with Crippen LogP contribution in [0.15, 0.2) is 50.4 Å². The topological polar surface area (TPSA) is 84.6 Å². The number of oxime groups is 1. The van der Waals surface area contributed by atoms with Gasteiger partial charge >= 0.3 is 0 Å². The first-order valence-corrected chi connectivity index (χ1v) is 5.37. The van der Waals surface area contributed by atoms with E-state index in [1.54, 1.807) is 0 Å². The van der Waals surface area contributed by atoms with Crippen molar-refractivity contribution in [1.82, 2.24) is 4.98 Å². The molecule has 3 N–H and O–H groups in total. The Hall–Kier alpha value is -2.02. The van der Waals surface area contributed by atoms with Crippen LogP contribution in [-0.2, 0) is 0 Å². The van der Waals surface area contributed by atoms with Crippen LogP contribution in [0.2, 0.25) is 0 Å². The second-order valence-electron chi connectivity index (χ2n) is 3.03. The van der Waals surface area contributed by atoms with Crippen molar-refractivity contribution in [3.63, 3.8) is 0 Å². The molecule has 5 nitrogen and oxygen atoms in total. The largest absolute Gasteiger partial charge is 0.440 e. The number of amidine groups is 1. The van der Waals surface area contributed by atoms with E-state index in [4.69, 9.17) is 15.4 Å². The smallest absolute Gasteiger partial charge is 0.260 e. The van der Waals surface area contributed by atoms with E-state index in [0.717, 1.165) is 11.8 Å². The van der Waals surface area contributed by atoms with Crippen LogP contribution >= 0.6 is 11.8 Å². The Bertz CT molecular complexity index is 542. The fourth-order valence-corrected chi connectivity index (χ4v) is 2.01. The third-order valence-corrected chi connectivity index (χ3v) is 2.88. The number of rotatable bonds is 3. The molecule has 0 aliphatic carbocycles. The van der Waals surface area contributed by atoms with Gasteiger partial charge < -0.3 is 15.4 Å². The Kier molecular flexibility index (Phi) is 3.29. The van der Waals surface area contributed by atoms with Crippen molar-refractivity contribution < 1.29 is 14.0 Å². The van der Waals surface area contributed by atoms with Crippen LogP contribution in [-0.4, -0.2) is 16.0 Å². The average molecular weight is 253 g/mol. The second kappa shape index (κ2) is 4.88. The number of nitrogens with zero attached hydrogens (tertiary/aromatic N) is 2.